The molecule has 0 atom stereocenters. The van der Waals surface area contributed by atoms with Crippen LogP contribution in [0.1, 0.15) is 23.1 Å². The van der Waals surface area contributed by atoms with Crippen molar-refractivity contribution in [3.05, 3.63) is 59.9 Å². The van der Waals surface area contributed by atoms with Gasteiger partial charge < -0.3 is 15.4 Å². The fourth-order valence-corrected chi connectivity index (χ4v) is 3.07. The molecule has 0 aliphatic heterocycles. The first-order valence-electron chi connectivity index (χ1n) is 9.11. The molecule has 1 heterocycles. The maximum absolute atomic E-state index is 12.7. The fourth-order valence-electron chi connectivity index (χ4n) is 3.07. The monoisotopic (exact) mass is 388 g/mol. The number of carbonyl (C=O) groups excluding carboxylic acids is 2. The largest absolute Gasteiger partial charge is 0.497 e. The van der Waals surface area contributed by atoms with Gasteiger partial charge in [0, 0.05) is 17.5 Å². The smallest absolute Gasteiger partial charge is 0.271 e. The Bertz CT molecular complexity index is 1100. The number of likely N-dealkylation sites (N-methyl/N-ethyl adjacent to an activating group) is 1. The Hall–Kier alpha value is -3.92. The summed E-state index contributed by atoms with van der Waals surface area (Å²) in [4.78, 5) is 28.7. The molecule has 0 spiro atoms. The van der Waals surface area contributed by atoms with Crippen LogP contribution in [0, 0.1) is 11.3 Å². The van der Waals surface area contributed by atoms with E-state index in [1.807, 2.05) is 30.3 Å². The van der Waals surface area contributed by atoms with E-state index in [4.69, 9.17) is 4.74 Å². The van der Waals surface area contributed by atoms with Crippen LogP contribution in [-0.4, -0.2) is 37.0 Å². The standard InChI is InChI=1S/C22H20N4O3/c1-3-24-19(27)13-25-22(28)21-16-10-9-15(29-2)11-17(16)20(18(12-23)26-21)14-7-5-4-6-8-14/h4-11H,3,13H2,1-2H3,(H,24,27)(H,25,28). The molecule has 2 aromatic carbocycles. The van der Waals surface area contributed by atoms with E-state index in [9.17, 15) is 14.9 Å². The summed E-state index contributed by atoms with van der Waals surface area (Å²) < 4.78 is 5.34. The number of nitrogens with one attached hydrogen (secondary N) is 2. The molecule has 0 saturated carbocycles. The number of carbonyl (C=O) groups is 2. The van der Waals surface area contributed by atoms with Crippen LogP contribution in [-0.2, 0) is 4.79 Å². The SMILES string of the molecule is CCNC(=O)CNC(=O)c1nc(C#N)c(-c2ccccc2)c2cc(OC)ccc12. The summed E-state index contributed by atoms with van der Waals surface area (Å²) in [5, 5.41) is 16.1. The van der Waals surface area contributed by atoms with E-state index in [-0.39, 0.29) is 23.8 Å². The van der Waals surface area contributed by atoms with Gasteiger partial charge in [-0.05, 0) is 36.1 Å². The van der Waals surface area contributed by atoms with E-state index < -0.39 is 5.91 Å². The van der Waals surface area contributed by atoms with Crippen LogP contribution in [0.25, 0.3) is 21.9 Å². The normalized spacial score (nSPS) is 10.2. The third kappa shape index (κ3) is 4.17. The number of fused-ring (bicyclic) bond motifs is 1. The second-order valence-electron chi connectivity index (χ2n) is 6.21. The van der Waals surface area contributed by atoms with E-state index in [1.165, 1.54) is 0 Å². The van der Waals surface area contributed by atoms with Crippen molar-refractivity contribution in [2.24, 2.45) is 0 Å². The van der Waals surface area contributed by atoms with Crippen molar-refractivity contribution < 1.29 is 14.3 Å². The number of aromatic nitrogens is 1. The number of ether oxygens (including phenoxy) is 1. The zero-order valence-electron chi connectivity index (χ0n) is 16.2. The highest BCUT2D eigenvalue weighted by atomic mass is 16.5. The second kappa shape index (κ2) is 8.85. The average Bonchev–Trinajstić information content (AvgIpc) is 2.76. The molecule has 146 valence electrons. The van der Waals surface area contributed by atoms with Crippen LogP contribution < -0.4 is 15.4 Å². The van der Waals surface area contributed by atoms with Gasteiger partial charge in [0.15, 0.2) is 0 Å². The maximum Gasteiger partial charge on any atom is 0.271 e. The van der Waals surface area contributed by atoms with Crippen molar-refractivity contribution >= 4 is 22.6 Å². The number of hydrogen-bond donors (Lipinski definition) is 2. The zero-order chi connectivity index (χ0) is 20.8. The summed E-state index contributed by atoms with van der Waals surface area (Å²) in [5.41, 5.74) is 1.65. The van der Waals surface area contributed by atoms with E-state index in [1.54, 1.807) is 32.2 Å². The van der Waals surface area contributed by atoms with Gasteiger partial charge in [0.2, 0.25) is 5.91 Å². The number of pyridine rings is 1. The van der Waals surface area contributed by atoms with E-state index >= 15 is 0 Å². The van der Waals surface area contributed by atoms with Crippen LogP contribution >= 0.6 is 0 Å². The molecule has 0 aliphatic rings. The maximum atomic E-state index is 12.7. The lowest BCUT2D eigenvalue weighted by Crippen LogP contribution is -2.37. The summed E-state index contributed by atoms with van der Waals surface area (Å²) >= 11 is 0. The lowest BCUT2D eigenvalue weighted by molar-refractivity contribution is -0.120. The topological polar surface area (TPSA) is 104 Å². The van der Waals surface area contributed by atoms with Crippen molar-refractivity contribution in [1.29, 1.82) is 5.26 Å². The van der Waals surface area contributed by atoms with Crippen LogP contribution in [0.3, 0.4) is 0 Å². The lowest BCUT2D eigenvalue weighted by atomic mass is 9.95. The number of nitrogens with zero attached hydrogens (tertiary/aromatic N) is 2. The summed E-state index contributed by atoms with van der Waals surface area (Å²) in [6.45, 7) is 2.10. The predicted molar refractivity (Wildman–Crippen MR) is 109 cm³/mol. The molecule has 0 unspecified atom stereocenters. The molecule has 0 bridgehead atoms. The van der Waals surface area contributed by atoms with Crippen molar-refractivity contribution in [1.82, 2.24) is 15.6 Å². The first-order valence-corrected chi connectivity index (χ1v) is 9.11. The Morgan fingerprint density at radius 3 is 2.52 bits per heavy atom. The number of rotatable bonds is 6. The van der Waals surface area contributed by atoms with Crippen LogP contribution in [0.4, 0.5) is 0 Å². The Morgan fingerprint density at radius 2 is 1.86 bits per heavy atom. The van der Waals surface area contributed by atoms with Gasteiger partial charge in [-0.3, -0.25) is 9.59 Å². The number of hydrogen-bond acceptors (Lipinski definition) is 5. The van der Waals surface area contributed by atoms with Crippen molar-refractivity contribution in [2.45, 2.75) is 6.92 Å². The molecule has 2 amide bonds. The fraction of sp³-hybridized carbons (Fsp3) is 0.182. The summed E-state index contributed by atoms with van der Waals surface area (Å²) in [6, 6.07) is 16.7. The quantitative estimate of drug-likeness (QED) is 0.676. The van der Waals surface area contributed by atoms with Gasteiger partial charge >= 0.3 is 0 Å². The average molecular weight is 388 g/mol. The van der Waals surface area contributed by atoms with E-state index in [0.717, 1.165) is 5.56 Å². The van der Waals surface area contributed by atoms with Crippen LogP contribution in [0.15, 0.2) is 48.5 Å². The molecule has 7 nitrogen and oxygen atoms in total. The van der Waals surface area contributed by atoms with Gasteiger partial charge in [-0.2, -0.15) is 5.26 Å². The molecular weight excluding hydrogens is 368 g/mol. The van der Waals surface area contributed by atoms with E-state index in [2.05, 4.69) is 21.7 Å². The molecular formula is C22H20N4O3. The summed E-state index contributed by atoms with van der Waals surface area (Å²) in [6.07, 6.45) is 0. The van der Waals surface area contributed by atoms with Gasteiger partial charge in [-0.15, -0.1) is 0 Å². The van der Waals surface area contributed by atoms with Crippen LogP contribution in [0.5, 0.6) is 5.75 Å². The van der Waals surface area contributed by atoms with Gasteiger partial charge in [-0.1, -0.05) is 30.3 Å². The second-order valence-corrected chi connectivity index (χ2v) is 6.21. The first-order chi connectivity index (χ1) is 14.1. The lowest BCUT2D eigenvalue weighted by Gasteiger charge is -2.14. The molecule has 1 aromatic heterocycles. The Kier molecular flexibility index (Phi) is 6.05. The van der Waals surface area contributed by atoms with Crippen molar-refractivity contribution in [3.8, 4) is 22.9 Å². The molecule has 7 heteroatoms. The first kappa shape index (κ1) is 19.8. The minimum absolute atomic E-state index is 0.0863. The summed E-state index contributed by atoms with van der Waals surface area (Å²) in [5.74, 6) is -0.228. The van der Waals surface area contributed by atoms with Gasteiger partial charge in [-0.25, -0.2) is 4.98 Å². The Labute approximate surface area is 168 Å². The molecule has 0 fully saturated rings. The minimum atomic E-state index is -0.525. The van der Waals surface area contributed by atoms with Crippen molar-refractivity contribution in [2.75, 3.05) is 20.2 Å². The Morgan fingerprint density at radius 1 is 1.10 bits per heavy atom. The molecule has 0 aliphatic carbocycles. The Balaban J connectivity index is 2.17. The molecule has 2 N–H and O–H groups in total. The van der Waals surface area contributed by atoms with Crippen LogP contribution in [0.2, 0.25) is 0 Å². The molecule has 0 saturated heterocycles. The van der Waals surface area contributed by atoms with E-state index in [0.29, 0.717) is 28.6 Å². The minimum Gasteiger partial charge on any atom is -0.497 e. The molecule has 3 aromatic rings. The molecule has 3 rings (SSSR count). The predicted octanol–water partition coefficient (Wildman–Crippen LogP) is 2.65. The van der Waals surface area contributed by atoms with Gasteiger partial charge in [0.05, 0.1) is 13.7 Å². The number of amides is 2. The number of methoxy groups -OCH3 is 1. The van der Waals surface area contributed by atoms with Crippen molar-refractivity contribution in [3.63, 3.8) is 0 Å². The van der Waals surface area contributed by atoms with Gasteiger partial charge in [0.1, 0.15) is 23.2 Å². The number of nitriles is 1. The van der Waals surface area contributed by atoms with Gasteiger partial charge in [0.25, 0.3) is 5.91 Å². The third-order valence-corrected chi connectivity index (χ3v) is 4.38. The highest BCUT2D eigenvalue weighted by Crippen LogP contribution is 2.34. The highest BCUT2D eigenvalue weighted by molar-refractivity contribution is 6.11. The third-order valence-electron chi connectivity index (χ3n) is 4.38. The molecule has 0 radical (unpaired) electrons. The molecule has 29 heavy (non-hydrogen) atoms. The highest BCUT2D eigenvalue weighted by Gasteiger charge is 2.20. The zero-order valence-corrected chi connectivity index (χ0v) is 16.2. The summed E-state index contributed by atoms with van der Waals surface area (Å²) in [7, 11) is 1.55. The number of benzene rings is 2.